The zero-order valence-corrected chi connectivity index (χ0v) is 11.1. The maximum atomic E-state index is 9.72. The summed E-state index contributed by atoms with van der Waals surface area (Å²) in [5.74, 6) is 0.345. The third-order valence-corrected chi connectivity index (χ3v) is 3.81. The lowest BCUT2D eigenvalue weighted by Crippen LogP contribution is -2.41. The Labute approximate surface area is 109 Å². The highest BCUT2D eigenvalue weighted by Crippen LogP contribution is 2.20. The Kier molecular flexibility index (Phi) is 4.00. The molecule has 1 saturated heterocycles. The van der Waals surface area contributed by atoms with Gasteiger partial charge in [-0.3, -0.25) is 4.90 Å². The molecule has 1 fully saturated rings. The van der Waals surface area contributed by atoms with Crippen molar-refractivity contribution in [2.45, 2.75) is 32.9 Å². The van der Waals surface area contributed by atoms with Crippen LogP contribution in [0.15, 0.2) is 18.2 Å². The Bertz CT molecular complexity index is 464. The second-order valence-electron chi connectivity index (χ2n) is 5.32. The average Bonchev–Trinajstić information content (AvgIpc) is 2.36. The van der Waals surface area contributed by atoms with E-state index < -0.39 is 0 Å². The van der Waals surface area contributed by atoms with E-state index in [-0.39, 0.29) is 6.10 Å². The van der Waals surface area contributed by atoms with Crippen LogP contribution in [0.2, 0.25) is 0 Å². The van der Waals surface area contributed by atoms with Gasteiger partial charge in [-0.15, -0.1) is 0 Å². The molecule has 2 rings (SSSR count). The van der Waals surface area contributed by atoms with Crippen molar-refractivity contribution in [3.63, 3.8) is 0 Å². The number of nitriles is 1. The number of aryl methyl sites for hydroxylation is 1. The monoisotopic (exact) mass is 244 g/mol. The molecule has 0 aromatic heterocycles. The standard InChI is InChI=1S/C15H20N2O/c1-11-7-13(8-16)3-4-14(11)10-17-6-5-15(18)12(2)9-17/h3-4,7,12,15,18H,5-6,9-10H2,1-2H3. The molecule has 0 aliphatic carbocycles. The van der Waals surface area contributed by atoms with Crippen LogP contribution in [0.5, 0.6) is 0 Å². The molecule has 1 aliphatic heterocycles. The van der Waals surface area contributed by atoms with E-state index in [9.17, 15) is 5.11 Å². The summed E-state index contributed by atoms with van der Waals surface area (Å²) in [4.78, 5) is 2.38. The van der Waals surface area contributed by atoms with Crippen molar-refractivity contribution in [3.05, 3.63) is 34.9 Å². The van der Waals surface area contributed by atoms with E-state index in [1.54, 1.807) is 0 Å². The minimum absolute atomic E-state index is 0.150. The molecular weight excluding hydrogens is 224 g/mol. The second-order valence-corrected chi connectivity index (χ2v) is 5.32. The predicted octanol–water partition coefficient (Wildman–Crippen LogP) is 2.07. The number of rotatable bonds is 2. The summed E-state index contributed by atoms with van der Waals surface area (Å²) in [5, 5.41) is 18.6. The molecule has 2 unspecified atom stereocenters. The molecule has 2 atom stereocenters. The Balaban J connectivity index is 2.04. The maximum absolute atomic E-state index is 9.72. The van der Waals surface area contributed by atoms with Crippen LogP contribution >= 0.6 is 0 Å². The van der Waals surface area contributed by atoms with Crippen molar-refractivity contribution in [2.75, 3.05) is 13.1 Å². The molecule has 96 valence electrons. The summed E-state index contributed by atoms with van der Waals surface area (Å²) in [6.45, 7) is 6.96. The largest absolute Gasteiger partial charge is 0.393 e. The first-order chi connectivity index (χ1) is 8.60. The van der Waals surface area contributed by atoms with Crippen LogP contribution in [0.25, 0.3) is 0 Å². The zero-order valence-electron chi connectivity index (χ0n) is 11.1. The normalized spacial score (nSPS) is 24.8. The first-order valence-corrected chi connectivity index (χ1v) is 6.50. The minimum Gasteiger partial charge on any atom is -0.393 e. The Morgan fingerprint density at radius 1 is 1.50 bits per heavy atom. The van der Waals surface area contributed by atoms with Crippen LogP contribution in [-0.2, 0) is 6.54 Å². The van der Waals surface area contributed by atoms with Crippen LogP contribution < -0.4 is 0 Å². The van der Waals surface area contributed by atoms with E-state index in [4.69, 9.17) is 5.26 Å². The third-order valence-electron chi connectivity index (χ3n) is 3.81. The predicted molar refractivity (Wildman–Crippen MR) is 71.0 cm³/mol. The molecule has 1 aliphatic rings. The highest BCUT2D eigenvalue weighted by Gasteiger charge is 2.24. The van der Waals surface area contributed by atoms with Crippen molar-refractivity contribution >= 4 is 0 Å². The molecule has 1 aromatic carbocycles. The van der Waals surface area contributed by atoms with E-state index in [1.165, 1.54) is 11.1 Å². The number of benzene rings is 1. The molecule has 0 radical (unpaired) electrons. The van der Waals surface area contributed by atoms with Crippen molar-refractivity contribution < 1.29 is 5.11 Å². The van der Waals surface area contributed by atoms with Gasteiger partial charge >= 0.3 is 0 Å². The number of likely N-dealkylation sites (tertiary alicyclic amines) is 1. The maximum Gasteiger partial charge on any atom is 0.0991 e. The Hall–Kier alpha value is -1.37. The number of hydrogen-bond donors (Lipinski definition) is 1. The highest BCUT2D eigenvalue weighted by molar-refractivity contribution is 5.37. The average molecular weight is 244 g/mol. The summed E-state index contributed by atoms with van der Waals surface area (Å²) >= 11 is 0. The first-order valence-electron chi connectivity index (χ1n) is 6.50. The number of nitrogens with zero attached hydrogens (tertiary/aromatic N) is 2. The molecule has 0 saturated carbocycles. The van der Waals surface area contributed by atoms with Gasteiger partial charge in [0.25, 0.3) is 0 Å². The van der Waals surface area contributed by atoms with Crippen LogP contribution in [-0.4, -0.2) is 29.2 Å². The molecule has 18 heavy (non-hydrogen) atoms. The van der Waals surface area contributed by atoms with Gasteiger partial charge in [-0.1, -0.05) is 13.0 Å². The Morgan fingerprint density at radius 2 is 2.28 bits per heavy atom. The topological polar surface area (TPSA) is 47.3 Å². The number of hydrogen-bond acceptors (Lipinski definition) is 3. The molecule has 1 N–H and O–H groups in total. The van der Waals surface area contributed by atoms with Gasteiger partial charge in [0.15, 0.2) is 0 Å². The quantitative estimate of drug-likeness (QED) is 0.866. The van der Waals surface area contributed by atoms with Gasteiger partial charge in [0.1, 0.15) is 0 Å². The van der Waals surface area contributed by atoms with E-state index in [0.717, 1.165) is 31.6 Å². The SMILES string of the molecule is Cc1cc(C#N)ccc1CN1CCC(O)C(C)C1. The van der Waals surface area contributed by atoms with Gasteiger partial charge in [-0.2, -0.15) is 5.26 Å². The fourth-order valence-electron chi connectivity index (χ4n) is 2.55. The van der Waals surface area contributed by atoms with E-state index in [1.807, 2.05) is 18.2 Å². The van der Waals surface area contributed by atoms with Crippen LogP contribution in [0.1, 0.15) is 30.0 Å². The van der Waals surface area contributed by atoms with Crippen LogP contribution in [0, 0.1) is 24.2 Å². The van der Waals surface area contributed by atoms with Crippen LogP contribution in [0.4, 0.5) is 0 Å². The van der Waals surface area contributed by atoms with Gasteiger partial charge in [0.2, 0.25) is 0 Å². The van der Waals surface area contributed by atoms with Crippen molar-refractivity contribution in [3.8, 4) is 6.07 Å². The number of piperidine rings is 1. The minimum atomic E-state index is -0.150. The molecule has 1 heterocycles. The lowest BCUT2D eigenvalue weighted by molar-refractivity contribution is 0.0319. The third kappa shape index (κ3) is 2.90. The lowest BCUT2D eigenvalue weighted by Gasteiger charge is -2.34. The van der Waals surface area contributed by atoms with E-state index in [0.29, 0.717) is 5.92 Å². The molecule has 0 amide bonds. The van der Waals surface area contributed by atoms with Crippen molar-refractivity contribution in [1.29, 1.82) is 5.26 Å². The van der Waals surface area contributed by atoms with Gasteiger partial charge in [-0.05, 0) is 42.5 Å². The zero-order chi connectivity index (χ0) is 13.1. The fourth-order valence-corrected chi connectivity index (χ4v) is 2.55. The van der Waals surface area contributed by atoms with E-state index >= 15 is 0 Å². The molecule has 3 heteroatoms. The summed E-state index contributed by atoms with van der Waals surface area (Å²) < 4.78 is 0. The van der Waals surface area contributed by atoms with Gasteiger partial charge in [-0.25, -0.2) is 0 Å². The number of aliphatic hydroxyl groups excluding tert-OH is 1. The summed E-state index contributed by atoms with van der Waals surface area (Å²) in [6, 6.07) is 8.03. The van der Waals surface area contributed by atoms with Gasteiger partial charge < -0.3 is 5.11 Å². The highest BCUT2D eigenvalue weighted by atomic mass is 16.3. The smallest absolute Gasteiger partial charge is 0.0991 e. The van der Waals surface area contributed by atoms with Gasteiger partial charge in [0.05, 0.1) is 17.7 Å². The van der Waals surface area contributed by atoms with Crippen LogP contribution in [0.3, 0.4) is 0 Å². The molecule has 0 bridgehead atoms. The molecule has 0 spiro atoms. The summed E-state index contributed by atoms with van der Waals surface area (Å²) in [5.41, 5.74) is 3.17. The lowest BCUT2D eigenvalue weighted by atomic mass is 9.96. The first kappa shape index (κ1) is 13.1. The summed E-state index contributed by atoms with van der Waals surface area (Å²) in [6.07, 6.45) is 0.708. The van der Waals surface area contributed by atoms with E-state index in [2.05, 4.69) is 24.8 Å². The number of aliphatic hydroxyl groups is 1. The van der Waals surface area contributed by atoms with Crippen molar-refractivity contribution in [1.82, 2.24) is 4.90 Å². The Morgan fingerprint density at radius 3 is 2.89 bits per heavy atom. The molecule has 1 aromatic rings. The second kappa shape index (κ2) is 5.51. The van der Waals surface area contributed by atoms with Crippen molar-refractivity contribution in [2.24, 2.45) is 5.92 Å². The summed E-state index contributed by atoms with van der Waals surface area (Å²) in [7, 11) is 0. The molecular formula is C15H20N2O. The fraction of sp³-hybridized carbons (Fsp3) is 0.533. The van der Waals surface area contributed by atoms with Gasteiger partial charge in [0, 0.05) is 19.6 Å². The molecule has 3 nitrogen and oxygen atoms in total.